The number of sulfonamides is 1. The first-order chi connectivity index (χ1) is 8.98. The maximum atomic E-state index is 11.7. The summed E-state index contributed by atoms with van der Waals surface area (Å²) >= 11 is 4.60. The fourth-order valence-electron chi connectivity index (χ4n) is 1.74. The van der Waals surface area contributed by atoms with Crippen LogP contribution in [0, 0.1) is 0 Å². The van der Waals surface area contributed by atoms with Gasteiger partial charge in [-0.15, -0.1) is 0 Å². The summed E-state index contributed by atoms with van der Waals surface area (Å²) in [5, 5.41) is 0.966. The van der Waals surface area contributed by atoms with Gasteiger partial charge in [0.1, 0.15) is 5.75 Å². The molecule has 100 valence electrons. The second-order valence-electron chi connectivity index (χ2n) is 4.04. The zero-order valence-electron chi connectivity index (χ0n) is 10.0. The Hall–Kier alpha value is -1.57. The van der Waals surface area contributed by atoms with Crippen molar-refractivity contribution >= 4 is 38.1 Å². The van der Waals surface area contributed by atoms with Crippen LogP contribution in [0.3, 0.4) is 0 Å². The number of thiocarbonyl (C=S) groups is 1. The molecule has 0 radical (unpaired) electrons. The first-order valence-electron chi connectivity index (χ1n) is 5.56. The van der Waals surface area contributed by atoms with Crippen LogP contribution in [0.5, 0.6) is 0 Å². The first kappa shape index (κ1) is 13.9. The van der Waals surface area contributed by atoms with Crippen molar-refractivity contribution in [3.8, 4) is 0 Å². The van der Waals surface area contributed by atoms with Crippen molar-refractivity contribution in [2.75, 3.05) is 5.75 Å². The number of nitrogens with two attached hydrogens (primary N) is 1. The normalized spacial score (nSPS) is 11.6. The molecule has 19 heavy (non-hydrogen) atoms. The van der Waals surface area contributed by atoms with Crippen molar-refractivity contribution in [3.63, 3.8) is 0 Å². The number of hydrogen-bond acceptors (Lipinski definition) is 4. The molecule has 0 amide bonds. The first-order valence-corrected chi connectivity index (χ1v) is 7.62. The lowest BCUT2D eigenvalue weighted by Gasteiger charge is -2.08. The molecule has 1 heterocycles. The average Bonchev–Trinajstić information content (AvgIpc) is 2.35. The largest absolute Gasteiger partial charge is 0.392 e. The number of fused-ring (bicyclic) bond motifs is 1. The smallest absolute Gasteiger partial charge is 0.218 e. The SMILES string of the molecule is NC(=S)CS(=O)(=O)NCc1cccc2cccnc12. The molecule has 0 spiro atoms. The number of aromatic nitrogens is 1. The fourth-order valence-corrected chi connectivity index (χ4v) is 3.05. The van der Waals surface area contributed by atoms with Crippen molar-refractivity contribution in [2.24, 2.45) is 5.73 Å². The van der Waals surface area contributed by atoms with Crippen LogP contribution in [0.1, 0.15) is 5.56 Å². The van der Waals surface area contributed by atoms with E-state index >= 15 is 0 Å². The molecule has 0 fully saturated rings. The van der Waals surface area contributed by atoms with E-state index in [-0.39, 0.29) is 17.3 Å². The van der Waals surface area contributed by atoms with E-state index in [1.165, 1.54) is 0 Å². The summed E-state index contributed by atoms with van der Waals surface area (Å²) in [6.45, 7) is 0.166. The van der Waals surface area contributed by atoms with Crippen LogP contribution in [0.25, 0.3) is 10.9 Å². The van der Waals surface area contributed by atoms with E-state index in [9.17, 15) is 8.42 Å². The Morgan fingerprint density at radius 2 is 2.05 bits per heavy atom. The molecule has 1 aromatic heterocycles. The number of para-hydroxylation sites is 1. The maximum Gasteiger partial charge on any atom is 0.218 e. The van der Waals surface area contributed by atoms with Crippen molar-refractivity contribution < 1.29 is 8.42 Å². The minimum atomic E-state index is -3.49. The molecular formula is C12H13N3O2S2. The number of nitrogens with one attached hydrogen (secondary N) is 1. The van der Waals surface area contributed by atoms with E-state index in [1.54, 1.807) is 6.20 Å². The van der Waals surface area contributed by atoms with Gasteiger partial charge in [0.05, 0.1) is 10.5 Å². The monoisotopic (exact) mass is 295 g/mol. The average molecular weight is 295 g/mol. The Kier molecular flexibility index (Phi) is 4.08. The number of pyridine rings is 1. The third-order valence-corrected chi connectivity index (χ3v) is 4.13. The van der Waals surface area contributed by atoms with E-state index in [1.807, 2.05) is 30.3 Å². The second-order valence-corrected chi connectivity index (χ2v) is 6.37. The Bertz CT molecular complexity index is 708. The number of hydrogen-bond donors (Lipinski definition) is 2. The van der Waals surface area contributed by atoms with Crippen LogP contribution in [0.2, 0.25) is 0 Å². The van der Waals surface area contributed by atoms with Crippen LogP contribution in [-0.4, -0.2) is 24.1 Å². The summed E-state index contributed by atoms with van der Waals surface area (Å²) in [6, 6.07) is 9.38. The van der Waals surface area contributed by atoms with Gasteiger partial charge in [-0.1, -0.05) is 36.5 Å². The van der Waals surface area contributed by atoms with Gasteiger partial charge in [0, 0.05) is 18.1 Å². The van der Waals surface area contributed by atoms with Crippen LogP contribution >= 0.6 is 12.2 Å². The van der Waals surface area contributed by atoms with Crippen LogP contribution in [-0.2, 0) is 16.6 Å². The van der Waals surface area contributed by atoms with E-state index in [0.717, 1.165) is 16.5 Å². The highest BCUT2D eigenvalue weighted by Crippen LogP contribution is 2.15. The molecule has 0 saturated heterocycles. The molecule has 0 aliphatic rings. The number of nitrogens with zero attached hydrogens (tertiary/aromatic N) is 1. The van der Waals surface area contributed by atoms with Gasteiger partial charge in [0.25, 0.3) is 0 Å². The van der Waals surface area contributed by atoms with Gasteiger partial charge in [-0.3, -0.25) is 4.98 Å². The van der Waals surface area contributed by atoms with Gasteiger partial charge in [-0.25, -0.2) is 13.1 Å². The van der Waals surface area contributed by atoms with E-state index in [4.69, 9.17) is 5.73 Å². The van der Waals surface area contributed by atoms with Crippen molar-refractivity contribution in [1.82, 2.24) is 9.71 Å². The highest BCUT2D eigenvalue weighted by molar-refractivity contribution is 7.92. The minimum Gasteiger partial charge on any atom is -0.392 e. The summed E-state index contributed by atoms with van der Waals surface area (Å²) in [7, 11) is -3.49. The molecule has 0 atom stereocenters. The number of rotatable bonds is 5. The molecule has 1 aromatic carbocycles. The van der Waals surface area contributed by atoms with Crippen LogP contribution in [0.4, 0.5) is 0 Å². The Morgan fingerprint density at radius 3 is 2.79 bits per heavy atom. The lowest BCUT2D eigenvalue weighted by molar-refractivity contribution is 0.585. The standard InChI is InChI=1S/C12H13N3O2S2/c13-11(18)8-19(16,17)15-7-10-4-1-3-9-5-2-6-14-12(9)10/h1-6,15H,7-8H2,(H2,13,18). The van der Waals surface area contributed by atoms with E-state index in [0.29, 0.717) is 0 Å². The second kappa shape index (κ2) is 5.60. The van der Waals surface area contributed by atoms with Crippen molar-refractivity contribution in [1.29, 1.82) is 0 Å². The van der Waals surface area contributed by atoms with E-state index < -0.39 is 10.0 Å². The third kappa shape index (κ3) is 3.69. The predicted octanol–water partition coefficient (Wildman–Crippen LogP) is 0.940. The highest BCUT2D eigenvalue weighted by atomic mass is 32.2. The van der Waals surface area contributed by atoms with Gasteiger partial charge in [0.15, 0.2) is 0 Å². The predicted molar refractivity (Wildman–Crippen MR) is 79.2 cm³/mol. The quantitative estimate of drug-likeness (QED) is 0.802. The lowest BCUT2D eigenvalue weighted by atomic mass is 10.1. The summed E-state index contributed by atoms with van der Waals surface area (Å²) < 4.78 is 25.8. The molecule has 0 saturated carbocycles. The molecule has 5 nitrogen and oxygen atoms in total. The van der Waals surface area contributed by atoms with Gasteiger partial charge >= 0.3 is 0 Å². The Balaban J connectivity index is 2.21. The van der Waals surface area contributed by atoms with Crippen molar-refractivity contribution in [3.05, 3.63) is 42.1 Å². The maximum absolute atomic E-state index is 11.7. The Labute approximate surface area is 116 Å². The third-order valence-electron chi connectivity index (χ3n) is 2.53. The molecule has 0 aliphatic heterocycles. The van der Waals surface area contributed by atoms with Crippen LogP contribution < -0.4 is 10.5 Å². The van der Waals surface area contributed by atoms with Gasteiger partial charge in [0.2, 0.25) is 10.0 Å². The topological polar surface area (TPSA) is 85.1 Å². The minimum absolute atomic E-state index is 0.0523. The number of benzene rings is 1. The molecule has 7 heteroatoms. The van der Waals surface area contributed by atoms with Crippen LogP contribution in [0.15, 0.2) is 36.5 Å². The zero-order valence-corrected chi connectivity index (χ0v) is 11.7. The summed E-state index contributed by atoms with van der Waals surface area (Å²) in [4.78, 5) is 4.21. The summed E-state index contributed by atoms with van der Waals surface area (Å²) in [6.07, 6.45) is 1.68. The zero-order chi connectivity index (χ0) is 13.9. The molecule has 2 rings (SSSR count). The molecule has 0 aliphatic carbocycles. The summed E-state index contributed by atoms with van der Waals surface area (Å²) in [5.41, 5.74) is 6.83. The van der Waals surface area contributed by atoms with E-state index in [2.05, 4.69) is 21.9 Å². The Morgan fingerprint density at radius 1 is 1.32 bits per heavy atom. The van der Waals surface area contributed by atoms with Gasteiger partial charge in [-0.05, 0) is 11.6 Å². The summed E-state index contributed by atoms with van der Waals surface area (Å²) in [5.74, 6) is -0.347. The van der Waals surface area contributed by atoms with Gasteiger partial charge in [-0.2, -0.15) is 0 Å². The highest BCUT2D eigenvalue weighted by Gasteiger charge is 2.12. The lowest BCUT2D eigenvalue weighted by Crippen LogP contribution is -2.32. The molecule has 3 N–H and O–H groups in total. The molecule has 0 bridgehead atoms. The molecule has 0 unspecified atom stereocenters. The van der Waals surface area contributed by atoms with Crippen molar-refractivity contribution in [2.45, 2.75) is 6.54 Å². The molecular weight excluding hydrogens is 282 g/mol. The van der Waals surface area contributed by atoms with Gasteiger partial charge < -0.3 is 5.73 Å². The molecule has 2 aromatic rings. The fraction of sp³-hybridized carbons (Fsp3) is 0.167.